The zero-order valence-corrected chi connectivity index (χ0v) is 12.3. The van der Waals surface area contributed by atoms with Crippen LogP contribution in [0.3, 0.4) is 0 Å². The Bertz CT molecular complexity index is 419. The predicted octanol–water partition coefficient (Wildman–Crippen LogP) is 1.37. The smallest absolute Gasteiger partial charge is 0.234 e. The molecule has 0 saturated carbocycles. The molecule has 1 amide bonds. The van der Waals surface area contributed by atoms with Crippen molar-refractivity contribution in [3.63, 3.8) is 0 Å². The molecule has 3 atom stereocenters. The number of amides is 1. The van der Waals surface area contributed by atoms with Gasteiger partial charge in [0.05, 0.1) is 18.8 Å². The first kappa shape index (κ1) is 15.1. The van der Waals surface area contributed by atoms with Gasteiger partial charge in [0.25, 0.3) is 0 Å². The third kappa shape index (κ3) is 3.84. The Morgan fingerprint density at radius 3 is 3.10 bits per heavy atom. The fraction of sp³-hybridized carbons (Fsp3) is 0.667. The van der Waals surface area contributed by atoms with Crippen LogP contribution in [0.15, 0.2) is 22.8 Å². The molecule has 0 radical (unpaired) electrons. The van der Waals surface area contributed by atoms with Crippen molar-refractivity contribution in [1.29, 1.82) is 0 Å². The molecule has 1 aromatic heterocycles. The molecular weight excluding hydrogens is 254 g/mol. The van der Waals surface area contributed by atoms with Crippen molar-refractivity contribution in [2.75, 3.05) is 26.2 Å². The molecule has 1 aliphatic rings. The second kappa shape index (κ2) is 6.90. The molecule has 20 heavy (non-hydrogen) atoms. The Kier molecular flexibility index (Phi) is 5.20. The molecule has 2 heterocycles. The molecule has 0 aliphatic carbocycles. The number of carbonyl (C=O) groups excluding carboxylic acids is 1. The average molecular weight is 279 g/mol. The average Bonchev–Trinajstić information content (AvgIpc) is 2.95. The lowest BCUT2D eigenvalue weighted by molar-refractivity contribution is -0.123. The van der Waals surface area contributed by atoms with Gasteiger partial charge in [-0.1, -0.05) is 6.92 Å². The van der Waals surface area contributed by atoms with Crippen LogP contribution >= 0.6 is 0 Å². The van der Waals surface area contributed by atoms with E-state index in [1.165, 1.54) is 0 Å². The lowest BCUT2D eigenvalue weighted by Gasteiger charge is -2.36. The van der Waals surface area contributed by atoms with Gasteiger partial charge in [-0.3, -0.25) is 9.69 Å². The maximum Gasteiger partial charge on any atom is 0.234 e. The van der Waals surface area contributed by atoms with E-state index in [-0.39, 0.29) is 11.9 Å². The van der Waals surface area contributed by atoms with Crippen molar-refractivity contribution in [2.45, 2.75) is 26.3 Å². The first-order valence-electron chi connectivity index (χ1n) is 7.35. The number of rotatable bonds is 5. The van der Waals surface area contributed by atoms with Gasteiger partial charge in [0.2, 0.25) is 5.91 Å². The second-order valence-electron chi connectivity index (χ2n) is 5.80. The maximum absolute atomic E-state index is 12.1. The number of piperidine rings is 1. The van der Waals surface area contributed by atoms with Crippen LogP contribution in [-0.4, -0.2) is 37.0 Å². The molecule has 1 fully saturated rings. The van der Waals surface area contributed by atoms with Gasteiger partial charge in [-0.2, -0.15) is 0 Å². The van der Waals surface area contributed by atoms with E-state index >= 15 is 0 Å². The third-order valence-electron chi connectivity index (χ3n) is 4.22. The molecular formula is C15H25N3O2. The van der Waals surface area contributed by atoms with Crippen molar-refractivity contribution >= 4 is 5.91 Å². The molecule has 1 saturated heterocycles. The summed E-state index contributed by atoms with van der Waals surface area (Å²) >= 11 is 0. The number of nitrogens with two attached hydrogens (primary N) is 1. The van der Waals surface area contributed by atoms with Crippen LogP contribution < -0.4 is 11.1 Å². The second-order valence-corrected chi connectivity index (χ2v) is 5.80. The van der Waals surface area contributed by atoms with E-state index in [0.29, 0.717) is 24.9 Å². The van der Waals surface area contributed by atoms with Crippen LogP contribution in [0.5, 0.6) is 0 Å². The van der Waals surface area contributed by atoms with E-state index in [2.05, 4.69) is 17.1 Å². The summed E-state index contributed by atoms with van der Waals surface area (Å²) in [7, 11) is 0. The van der Waals surface area contributed by atoms with Gasteiger partial charge in [-0.05, 0) is 50.4 Å². The highest BCUT2D eigenvalue weighted by molar-refractivity contribution is 5.78. The third-order valence-corrected chi connectivity index (χ3v) is 4.22. The molecule has 1 aliphatic heterocycles. The van der Waals surface area contributed by atoms with Crippen molar-refractivity contribution in [3.05, 3.63) is 24.2 Å². The van der Waals surface area contributed by atoms with E-state index in [0.717, 1.165) is 25.3 Å². The molecule has 5 heteroatoms. The van der Waals surface area contributed by atoms with E-state index < -0.39 is 0 Å². The van der Waals surface area contributed by atoms with Crippen molar-refractivity contribution in [3.8, 4) is 0 Å². The van der Waals surface area contributed by atoms with Crippen LogP contribution in [0.4, 0.5) is 0 Å². The molecule has 3 N–H and O–H groups in total. The van der Waals surface area contributed by atoms with E-state index in [1.54, 1.807) is 6.26 Å². The van der Waals surface area contributed by atoms with E-state index in [1.807, 2.05) is 19.1 Å². The highest BCUT2D eigenvalue weighted by Crippen LogP contribution is 2.22. The van der Waals surface area contributed by atoms with Crippen molar-refractivity contribution in [1.82, 2.24) is 10.2 Å². The molecule has 0 aromatic carbocycles. The van der Waals surface area contributed by atoms with Crippen molar-refractivity contribution < 1.29 is 9.21 Å². The summed E-state index contributed by atoms with van der Waals surface area (Å²) in [5.74, 6) is 1.98. The Morgan fingerprint density at radius 1 is 1.65 bits per heavy atom. The summed E-state index contributed by atoms with van der Waals surface area (Å²) in [4.78, 5) is 14.3. The minimum atomic E-state index is -0.0912. The lowest BCUT2D eigenvalue weighted by Crippen LogP contribution is -2.46. The van der Waals surface area contributed by atoms with Gasteiger partial charge in [0.1, 0.15) is 5.76 Å². The molecule has 112 valence electrons. The first-order chi connectivity index (χ1) is 9.60. The minimum Gasteiger partial charge on any atom is -0.467 e. The molecule has 3 unspecified atom stereocenters. The minimum absolute atomic E-state index is 0.0409. The SMILES string of the molecule is CC(NC(=O)CN1CCC(C)C(CN)C1)c1ccco1. The Morgan fingerprint density at radius 2 is 2.45 bits per heavy atom. The van der Waals surface area contributed by atoms with Gasteiger partial charge < -0.3 is 15.5 Å². The van der Waals surface area contributed by atoms with E-state index in [9.17, 15) is 4.79 Å². The van der Waals surface area contributed by atoms with Crippen LogP contribution in [0, 0.1) is 11.8 Å². The highest BCUT2D eigenvalue weighted by atomic mass is 16.3. The summed E-state index contributed by atoms with van der Waals surface area (Å²) in [5, 5.41) is 2.97. The van der Waals surface area contributed by atoms with Gasteiger partial charge in [0.15, 0.2) is 0 Å². The topological polar surface area (TPSA) is 71.5 Å². The summed E-state index contributed by atoms with van der Waals surface area (Å²) < 4.78 is 5.29. The van der Waals surface area contributed by atoms with Crippen molar-refractivity contribution in [2.24, 2.45) is 17.6 Å². The summed E-state index contributed by atoms with van der Waals surface area (Å²) in [5.41, 5.74) is 5.79. The standard InChI is InChI=1S/C15H25N3O2/c1-11-5-6-18(9-13(11)8-16)10-15(19)17-12(2)14-4-3-7-20-14/h3-4,7,11-13H,5-6,8-10,16H2,1-2H3,(H,17,19). The number of carbonyl (C=O) groups is 1. The summed E-state index contributed by atoms with van der Waals surface area (Å²) in [6.45, 7) is 7.20. The Hall–Kier alpha value is -1.33. The monoisotopic (exact) mass is 279 g/mol. The largest absolute Gasteiger partial charge is 0.467 e. The lowest BCUT2D eigenvalue weighted by atomic mass is 9.87. The number of hydrogen-bond acceptors (Lipinski definition) is 4. The first-order valence-corrected chi connectivity index (χ1v) is 7.35. The molecule has 2 rings (SSSR count). The molecule has 0 spiro atoms. The molecule has 1 aromatic rings. The number of likely N-dealkylation sites (tertiary alicyclic amines) is 1. The normalized spacial score (nSPS) is 25.4. The fourth-order valence-corrected chi connectivity index (χ4v) is 2.77. The zero-order valence-electron chi connectivity index (χ0n) is 12.3. The number of nitrogens with zero attached hydrogens (tertiary/aromatic N) is 1. The van der Waals surface area contributed by atoms with E-state index in [4.69, 9.17) is 10.2 Å². The van der Waals surface area contributed by atoms with Gasteiger partial charge in [-0.15, -0.1) is 0 Å². The zero-order chi connectivity index (χ0) is 14.5. The summed E-state index contributed by atoms with van der Waals surface area (Å²) in [6, 6.07) is 3.61. The predicted molar refractivity (Wildman–Crippen MR) is 78.0 cm³/mol. The van der Waals surface area contributed by atoms with Gasteiger partial charge >= 0.3 is 0 Å². The van der Waals surface area contributed by atoms with Crippen LogP contribution in [-0.2, 0) is 4.79 Å². The van der Waals surface area contributed by atoms with Gasteiger partial charge in [0, 0.05) is 6.54 Å². The summed E-state index contributed by atoms with van der Waals surface area (Å²) in [6.07, 6.45) is 2.73. The Balaban J connectivity index is 1.80. The van der Waals surface area contributed by atoms with Crippen LogP contribution in [0.2, 0.25) is 0 Å². The molecule has 5 nitrogen and oxygen atoms in total. The number of furan rings is 1. The number of nitrogens with one attached hydrogen (secondary N) is 1. The fourth-order valence-electron chi connectivity index (χ4n) is 2.77. The Labute approximate surface area is 120 Å². The molecule has 0 bridgehead atoms. The van der Waals surface area contributed by atoms with Crippen LogP contribution in [0.1, 0.15) is 32.1 Å². The highest BCUT2D eigenvalue weighted by Gasteiger charge is 2.26. The number of hydrogen-bond donors (Lipinski definition) is 2. The quantitative estimate of drug-likeness (QED) is 0.854. The van der Waals surface area contributed by atoms with Crippen LogP contribution in [0.25, 0.3) is 0 Å². The maximum atomic E-state index is 12.1. The van der Waals surface area contributed by atoms with Gasteiger partial charge in [-0.25, -0.2) is 0 Å².